The minimum atomic E-state index is -0.385. The van der Waals surface area contributed by atoms with Crippen LogP contribution in [0.4, 0.5) is 11.4 Å². The summed E-state index contributed by atoms with van der Waals surface area (Å²) in [5.41, 5.74) is 7.70. The number of benzene rings is 1. The van der Waals surface area contributed by atoms with Gasteiger partial charge in [-0.2, -0.15) is 0 Å². The number of carbonyl (C=O) groups excluding carboxylic acids is 1. The molecule has 110 valence electrons. The Morgan fingerprint density at radius 1 is 1.45 bits per heavy atom. The molecule has 0 bridgehead atoms. The SMILES string of the molecule is COCC1COCC1Nc1cc(C(=O)OC)ccc1N. The molecule has 6 heteroatoms. The van der Waals surface area contributed by atoms with Crippen molar-refractivity contribution in [3.63, 3.8) is 0 Å². The molecule has 20 heavy (non-hydrogen) atoms. The molecule has 0 aliphatic carbocycles. The summed E-state index contributed by atoms with van der Waals surface area (Å²) in [7, 11) is 3.02. The van der Waals surface area contributed by atoms with E-state index in [-0.39, 0.29) is 17.9 Å². The first kappa shape index (κ1) is 14.6. The van der Waals surface area contributed by atoms with E-state index in [1.165, 1.54) is 7.11 Å². The molecular formula is C14H20N2O4. The van der Waals surface area contributed by atoms with Gasteiger partial charge >= 0.3 is 5.97 Å². The summed E-state index contributed by atoms with van der Waals surface area (Å²) < 4.78 is 15.3. The van der Waals surface area contributed by atoms with E-state index < -0.39 is 0 Å². The largest absolute Gasteiger partial charge is 0.465 e. The Hall–Kier alpha value is -1.79. The molecule has 1 saturated heterocycles. The van der Waals surface area contributed by atoms with Crippen LogP contribution in [-0.4, -0.2) is 46.1 Å². The predicted octanol–water partition coefficient (Wildman–Crippen LogP) is 1.13. The summed E-state index contributed by atoms with van der Waals surface area (Å²) in [6.07, 6.45) is 0. The van der Waals surface area contributed by atoms with Crippen molar-refractivity contribution < 1.29 is 19.0 Å². The van der Waals surface area contributed by atoms with Crippen molar-refractivity contribution in [3.8, 4) is 0 Å². The third-order valence-electron chi connectivity index (χ3n) is 3.39. The third kappa shape index (κ3) is 3.20. The molecule has 1 aliphatic rings. The van der Waals surface area contributed by atoms with E-state index in [4.69, 9.17) is 19.9 Å². The van der Waals surface area contributed by atoms with Crippen molar-refractivity contribution in [1.29, 1.82) is 0 Å². The first-order valence-corrected chi connectivity index (χ1v) is 6.46. The molecule has 1 aromatic rings. The molecule has 2 rings (SSSR count). The van der Waals surface area contributed by atoms with Gasteiger partial charge in [-0.3, -0.25) is 0 Å². The number of carbonyl (C=O) groups is 1. The van der Waals surface area contributed by atoms with Gasteiger partial charge in [-0.15, -0.1) is 0 Å². The zero-order valence-corrected chi connectivity index (χ0v) is 11.7. The van der Waals surface area contributed by atoms with Crippen LogP contribution in [0.15, 0.2) is 18.2 Å². The second kappa shape index (κ2) is 6.58. The van der Waals surface area contributed by atoms with Gasteiger partial charge in [-0.25, -0.2) is 4.79 Å². The molecule has 1 fully saturated rings. The van der Waals surface area contributed by atoms with Gasteiger partial charge in [0.15, 0.2) is 0 Å². The van der Waals surface area contributed by atoms with Crippen molar-refractivity contribution >= 4 is 17.3 Å². The molecule has 2 atom stereocenters. The summed E-state index contributed by atoms with van der Waals surface area (Å²) in [6, 6.07) is 5.15. The highest BCUT2D eigenvalue weighted by Crippen LogP contribution is 2.25. The first-order chi connectivity index (χ1) is 9.65. The van der Waals surface area contributed by atoms with Crippen LogP contribution < -0.4 is 11.1 Å². The van der Waals surface area contributed by atoms with Gasteiger partial charge in [0.25, 0.3) is 0 Å². The Bertz CT molecular complexity index is 478. The number of ether oxygens (including phenoxy) is 3. The van der Waals surface area contributed by atoms with E-state index >= 15 is 0 Å². The standard InChI is InChI=1S/C14H20N2O4/c1-18-6-10-7-20-8-13(10)16-12-5-9(14(17)19-2)3-4-11(12)15/h3-5,10,13,16H,6-8,15H2,1-2H3. The second-order valence-electron chi connectivity index (χ2n) is 4.80. The number of nitrogens with two attached hydrogens (primary N) is 1. The van der Waals surface area contributed by atoms with E-state index in [9.17, 15) is 4.79 Å². The summed E-state index contributed by atoms with van der Waals surface area (Å²) >= 11 is 0. The maximum Gasteiger partial charge on any atom is 0.337 e. The lowest BCUT2D eigenvalue weighted by Gasteiger charge is -2.20. The fourth-order valence-corrected chi connectivity index (χ4v) is 2.26. The van der Waals surface area contributed by atoms with E-state index in [0.717, 1.165) is 0 Å². The summed E-state index contributed by atoms with van der Waals surface area (Å²) in [4.78, 5) is 11.5. The lowest BCUT2D eigenvalue weighted by Crippen LogP contribution is -2.31. The van der Waals surface area contributed by atoms with Gasteiger partial charge in [0.05, 0.1) is 49.9 Å². The summed E-state index contributed by atoms with van der Waals surface area (Å²) in [5, 5.41) is 3.33. The molecule has 6 nitrogen and oxygen atoms in total. The van der Waals surface area contributed by atoms with Gasteiger partial charge in [0.1, 0.15) is 0 Å². The van der Waals surface area contributed by atoms with E-state index in [1.54, 1.807) is 25.3 Å². The fraction of sp³-hybridized carbons (Fsp3) is 0.500. The van der Waals surface area contributed by atoms with Crippen molar-refractivity contribution in [3.05, 3.63) is 23.8 Å². The maximum absolute atomic E-state index is 11.5. The first-order valence-electron chi connectivity index (χ1n) is 6.46. The number of nitrogen functional groups attached to an aromatic ring is 1. The highest BCUT2D eigenvalue weighted by molar-refractivity contribution is 5.92. The topological polar surface area (TPSA) is 82.8 Å². The number of rotatable bonds is 5. The highest BCUT2D eigenvalue weighted by Gasteiger charge is 2.28. The zero-order chi connectivity index (χ0) is 14.5. The Balaban J connectivity index is 2.13. The molecule has 1 aliphatic heterocycles. The molecule has 0 radical (unpaired) electrons. The Labute approximate surface area is 118 Å². The Morgan fingerprint density at radius 3 is 2.95 bits per heavy atom. The fourth-order valence-electron chi connectivity index (χ4n) is 2.26. The molecule has 3 N–H and O–H groups in total. The highest BCUT2D eigenvalue weighted by atomic mass is 16.5. The monoisotopic (exact) mass is 280 g/mol. The van der Waals surface area contributed by atoms with Gasteiger partial charge in [0, 0.05) is 13.0 Å². The van der Waals surface area contributed by atoms with Gasteiger partial charge < -0.3 is 25.3 Å². The molecule has 1 heterocycles. The minimum Gasteiger partial charge on any atom is -0.465 e. The summed E-state index contributed by atoms with van der Waals surface area (Å²) in [5.74, 6) is -0.120. The average Bonchev–Trinajstić information content (AvgIpc) is 2.88. The third-order valence-corrected chi connectivity index (χ3v) is 3.39. The van der Waals surface area contributed by atoms with Gasteiger partial charge in [-0.05, 0) is 18.2 Å². The van der Waals surface area contributed by atoms with Crippen molar-refractivity contribution in [2.75, 3.05) is 45.1 Å². The number of methoxy groups -OCH3 is 2. The van der Waals surface area contributed by atoms with Crippen LogP contribution >= 0.6 is 0 Å². The predicted molar refractivity (Wildman–Crippen MR) is 75.8 cm³/mol. The lowest BCUT2D eigenvalue weighted by atomic mass is 10.0. The quantitative estimate of drug-likeness (QED) is 0.621. The van der Waals surface area contributed by atoms with Crippen LogP contribution in [0.25, 0.3) is 0 Å². The number of hydrogen-bond donors (Lipinski definition) is 2. The Morgan fingerprint density at radius 2 is 2.25 bits per heavy atom. The molecule has 0 spiro atoms. The number of esters is 1. The van der Waals surface area contributed by atoms with Crippen molar-refractivity contribution in [2.45, 2.75) is 6.04 Å². The molecular weight excluding hydrogens is 260 g/mol. The minimum absolute atomic E-state index is 0.116. The molecule has 2 unspecified atom stereocenters. The van der Waals surface area contributed by atoms with E-state index in [2.05, 4.69) is 5.32 Å². The zero-order valence-electron chi connectivity index (χ0n) is 11.7. The number of anilines is 2. The molecule has 0 aromatic heterocycles. The Kier molecular flexibility index (Phi) is 4.81. The van der Waals surface area contributed by atoms with Crippen molar-refractivity contribution in [1.82, 2.24) is 0 Å². The number of nitrogens with one attached hydrogen (secondary N) is 1. The van der Waals surface area contributed by atoms with Gasteiger partial charge in [-0.1, -0.05) is 0 Å². The normalized spacial score (nSPS) is 21.7. The molecule has 1 aromatic carbocycles. The smallest absolute Gasteiger partial charge is 0.337 e. The maximum atomic E-state index is 11.5. The molecule has 0 saturated carbocycles. The van der Waals surface area contributed by atoms with Gasteiger partial charge in [0.2, 0.25) is 0 Å². The van der Waals surface area contributed by atoms with Crippen LogP contribution in [0.5, 0.6) is 0 Å². The van der Waals surface area contributed by atoms with E-state index in [0.29, 0.717) is 36.8 Å². The van der Waals surface area contributed by atoms with Crippen LogP contribution in [0.3, 0.4) is 0 Å². The molecule has 0 amide bonds. The second-order valence-corrected chi connectivity index (χ2v) is 4.80. The number of hydrogen-bond acceptors (Lipinski definition) is 6. The summed E-state index contributed by atoms with van der Waals surface area (Å²) in [6.45, 7) is 1.87. The van der Waals surface area contributed by atoms with Crippen LogP contribution in [0.2, 0.25) is 0 Å². The van der Waals surface area contributed by atoms with Crippen LogP contribution in [0.1, 0.15) is 10.4 Å². The van der Waals surface area contributed by atoms with Crippen molar-refractivity contribution in [2.24, 2.45) is 5.92 Å². The van der Waals surface area contributed by atoms with Crippen LogP contribution in [0, 0.1) is 5.92 Å². The van der Waals surface area contributed by atoms with Crippen LogP contribution in [-0.2, 0) is 14.2 Å². The lowest BCUT2D eigenvalue weighted by molar-refractivity contribution is 0.0601. The average molecular weight is 280 g/mol. The van der Waals surface area contributed by atoms with E-state index in [1.807, 2.05) is 0 Å².